The van der Waals surface area contributed by atoms with Gasteiger partial charge in [-0.25, -0.2) is 0 Å². The molecule has 4 aromatic rings. The largest absolute Gasteiger partial charge is 0.395 e. The number of benzene rings is 2. The van der Waals surface area contributed by atoms with Gasteiger partial charge in [0, 0.05) is 23.2 Å². The molecule has 0 spiro atoms. The molecule has 0 saturated heterocycles. The molecule has 10 heteroatoms. The van der Waals surface area contributed by atoms with Crippen LogP contribution in [-0.4, -0.2) is 28.1 Å². The lowest BCUT2D eigenvalue weighted by molar-refractivity contribution is -0.122. The second-order valence-corrected chi connectivity index (χ2v) is 11.5. The van der Waals surface area contributed by atoms with Crippen LogP contribution in [0.5, 0.6) is 0 Å². The van der Waals surface area contributed by atoms with E-state index >= 15 is 0 Å². The number of para-hydroxylation sites is 1. The zero-order chi connectivity index (χ0) is 27.9. The first kappa shape index (κ1) is 27.5. The minimum absolute atomic E-state index is 0.0267. The van der Waals surface area contributed by atoms with Crippen molar-refractivity contribution in [2.24, 2.45) is 0 Å². The van der Waals surface area contributed by atoms with Crippen molar-refractivity contribution >= 4 is 52.0 Å². The molecule has 4 N–H and O–H groups in total. The van der Waals surface area contributed by atoms with Crippen molar-refractivity contribution in [2.45, 2.75) is 50.7 Å². The van der Waals surface area contributed by atoms with Gasteiger partial charge >= 0.3 is 0 Å². The summed E-state index contributed by atoms with van der Waals surface area (Å²) in [6.45, 7) is 0.312. The standard InChI is InChI=1S/C30H31N5O3S2/c31-24-25(28(36)33-21-13-6-2-7-14-21)34-40-27(24)30(38)35(22-15-8-3-9-16-22)26(23-17-10-18-39-23)29(37)32-19-20-11-4-1-5-12-20/h1,3-5,8-12,15-18,21,26H,2,6-7,13-14,19,31H2,(H,32,37)(H,33,36)/t26-/m0/s1. The van der Waals surface area contributed by atoms with Crippen molar-refractivity contribution in [3.8, 4) is 0 Å². The quantitative estimate of drug-likeness (QED) is 0.243. The molecule has 2 aromatic carbocycles. The van der Waals surface area contributed by atoms with E-state index in [1.807, 2.05) is 66.0 Å². The Morgan fingerprint density at radius 1 is 0.950 bits per heavy atom. The number of nitrogens with zero attached hydrogens (tertiary/aromatic N) is 2. The maximum Gasteiger partial charge on any atom is 0.273 e. The molecule has 3 amide bonds. The van der Waals surface area contributed by atoms with Crippen molar-refractivity contribution in [3.05, 3.63) is 99.2 Å². The molecular formula is C30H31N5O3S2. The normalized spacial score (nSPS) is 14.3. The minimum atomic E-state index is -0.959. The van der Waals surface area contributed by atoms with Gasteiger partial charge in [0.1, 0.15) is 4.88 Å². The first-order chi connectivity index (χ1) is 19.5. The molecule has 0 unspecified atom stereocenters. The van der Waals surface area contributed by atoms with Crippen LogP contribution >= 0.6 is 22.9 Å². The van der Waals surface area contributed by atoms with Crippen molar-refractivity contribution in [2.75, 3.05) is 10.6 Å². The maximum absolute atomic E-state index is 14.2. The summed E-state index contributed by atoms with van der Waals surface area (Å²) in [5, 5.41) is 7.89. The fraction of sp³-hybridized carbons (Fsp3) is 0.267. The summed E-state index contributed by atoms with van der Waals surface area (Å²) < 4.78 is 4.28. The van der Waals surface area contributed by atoms with Gasteiger partial charge in [-0.05, 0) is 53.5 Å². The van der Waals surface area contributed by atoms with Crippen LogP contribution in [0.4, 0.5) is 11.4 Å². The van der Waals surface area contributed by atoms with Crippen LogP contribution in [-0.2, 0) is 11.3 Å². The zero-order valence-electron chi connectivity index (χ0n) is 21.9. The summed E-state index contributed by atoms with van der Waals surface area (Å²) in [5.74, 6) is -1.20. The molecule has 1 saturated carbocycles. The number of nitrogens with two attached hydrogens (primary N) is 1. The van der Waals surface area contributed by atoms with Crippen LogP contribution in [0.15, 0.2) is 78.2 Å². The van der Waals surface area contributed by atoms with Gasteiger partial charge in [-0.2, -0.15) is 4.37 Å². The van der Waals surface area contributed by atoms with Crippen molar-refractivity contribution in [3.63, 3.8) is 0 Å². The second kappa shape index (κ2) is 12.9. The molecule has 40 heavy (non-hydrogen) atoms. The van der Waals surface area contributed by atoms with Gasteiger partial charge in [0.05, 0.1) is 5.69 Å². The van der Waals surface area contributed by atoms with E-state index in [2.05, 4.69) is 15.0 Å². The first-order valence-corrected chi connectivity index (χ1v) is 15.0. The second-order valence-electron chi connectivity index (χ2n) is 9.71. The third-order valence-electron chi connectivity index (χ3n) is 6.96. The molecule has 0 bridgehead atoms. The summed E-state index contributed by atoms with van der Waals surface area (Å²) in [6, 6.07) is 21.4. The predicted octanol–water partition coefficient (Wildman–Crippen LogP) is 5.55. The monoisotopic (exact) mass is 573 g/mol. The molecule has 8 nitrogen and oxygen atoms in total. The fourth-order valence-electron chi connectivity index (χ4n) is 4.90. The van der Waals surface area contributed by atoms with E-state index in [0.29, 0.717) is 17.1 Å². The molecule has 0 radical (unpaired) electrons. The summed E-state index contributed by atoms with van der Waals surface area (Å²) in [4.78, 5) is 43.3. The van der Waals surface area contributed by atoms with E-state index in [4.69, 9.17) is 5.73 Å². The summed E-state index contributed by atoms with van der Waals surface area (Å²) >= 11 is 2.27. The van der Waals surface area contributed by atoms with Gasteiger partial charge in [0.2, 0.25) is 5.91 Å². The van der Waals surface area contributed by atoms with Crippen LogP contribution in [0.25, 0.3) is 0 Å². The third kappa shape index (κ3) is 6.24. The van der Waals surface area contributed by atoms with Crippen molar-refractivity contribution < 1.29 is 14.4 Å². The Morgan fingerprint density at radius 2 is 1.65 bits per heavy atom. The number of anilines is 2. The number of hydrogen-bond donors (Lipinski definition) is 3. The van der Waals surface area contributed by atoms with Crippen LogP contribution < -0.4 is 21.3 Å². The van der Waals surface area contributed by atoms with Crippen molar-refractivity contribution in [1.82, 2.24) is 15.0 Å². The van der Waals surface area contributed by atoms with E-state index in [1.165, 1.54) is 22.7 Å². The third-order valence-corrected chi connectivity index (χ3v) is 8.74. The average Bonchev–Trinajstić information content (AvgIpc) is 3.66. The van der Waals surface area contributed by atoms with Crippen molar-refractivity contribution in [1.29, 1.82) is 0 Å². The molecule has 2 aromatic heterocycles. The highest BCUT2D eigenvalue weighted by molar-refractivity contribution is 7.10. The Balaban J connectivity index is 1.46. The van der Waals surface area contributed by atoms with Gasteiger partial charge in [0.15, 0.2) is 11.7 Å². The molecule has 1 fully saturated rings. The van der Waals surface area contributed by atoms with E-state index in [1.54, 1.807) is 12.1 Å². The lowest BCUT2D eigenvalue weighted by Gasteiger charge is -2.30. The summed E-state index contributed by atoms with van der Waals surface area (Å²) in [5.41, 5.74) is 7.95. The Hall–Kier alpha value is -4.02. The Morgan fingerprint density at radius 3 is 2.33 bits per heavy atom. The summed E-state index contributed by atoms with van der Waals surface area (Å²) in [7, 11) is 0. The van der Waals surface area contributed by atoms with Crippen LogP contribution in [0.1, 0.15) is 68.7 Å². The van der Waals surface area contributed by atoms with Gasteiger partial charge in [-0.1, -0.05) is 73.9 Å². The molecule has 206 valence electrons. The number of nitrogen functional groups attached to an aromatic ring is 1. The Labute approximate surface area is 241 Å². The number of rotatable bonds is 9. The highest BCUT2D eigenvalue weighted by Crippen LogP contribution is 2.35. The van der Waals surface area contributed by atoms with Crippen LogP contribution in [0, 0.1) is 0 Å². The highest BCUT2D eigenvalue weighted by Gasteiger charge is 2.36. The van der Waals surface area contributed by atoms with E-state index in [-0.39, 0.29) is 34.1 Å². The predicted molar refractivity (Wildman–Crippen MR) is 159 cm³/mol. The summed E-state index contributed by atoms with van der Waals surface area (Å²) in [6.07, 6.45) is 5.16. The number of carbonyl (C=O) groups is 3. The van der Waals surface area contributed by atoms with Crippen LogP contribution in [0.3, 0.4) is 0 Å². The van der Waals surface area contributed by atoms with E-state index < -0.39 is 11.9 Å². The minimum Gasteiger partial charge on any atom is -0.395 e. The Bertz CT molecular complexity index is 1430. The molecule has 2 heterocycles. The van der Waals surface area contributed by atoms with E-state index in [9.17, 15) is 14.4 Å². The number of carbonyl (C=O) groups excluding carboxylic acids is 3. The zero-order valence-corrected chi connectivity index (χ0v) is 23.5. The van der Waals surface area contributed by atoms with Gasteiger partial charge in [-0.3, -0.25) is 19.3 Å². The molecule has 0 aliphatic heterocycles. The maximum atomic E-state index is 14.2. The van der Waals surface area contributed by atoms with Crippen LogP contribution in [0.2, 0.25) is 0 Å². The number of aromatic nitrogens is 1. The smallest absolute Gasteiger partial charge is 0.273 e. The Kier molecular flexibility index (Phi) is 8.87. The molecular weight excluding hydrogens is 542 g/mol. The molecule has 5 rings (SSSR count). The average molecular weight is 574 g/mol. The topological polar surface area (TPSA) is 117 Å². The number of nitrogens with one attached hydrogen (secondary N) is 2. The van der Waals surface area contributed by atoms with E-state index in [0.717, 1.165) is 42.8 Å². The van der Waals surface area contributed by atoms with Gasteiger partial charge in [0.25, 0.3) is 11.8 Å². The highest BCUT2D eigenvalue weighted by atomic mass is 32.1. The lowest BCUT2D eigenvalue weighted by Crippen LogP contribution is -2.43. The number of hydrogen-bond acceptors (Lipinski definition) is 7. The molecule has 1 aliphatic rings. The number of amides is 3. The SMILES string of the molecule is Nc1c(C(=O)NC2CCCCC2)nsc1C(=O)N(c1ccccc1)[C@H](C(=O)NCc1ccccc1)c1cccs1. The fourth-order valence-corrected chi connectivity index (χ4v) is 6.45. The molecule has 1 atom stereocenters. The first-order valence-electron chi connectivity index (χ1n) is 13.3. The lowest BCUT2D eigenvalue weighted by atomic mass is 9.95. The van der Waals surface area contributed by atoms with Gasteiger partial charge < -0.3 is 16.4 Å². The molecule has 1 aliphatic carbocycles. The number of thiophene rings is 1. The van der Waals surface area contributed by atoms with Gasteiger partial charge in [-0.15, -0.1) is 11.3 Å².